The number of hydrogen-bond acceptors (Lipinski definition) is 2. The van der Waals surface area contributed by atoms with Gasteiger partial charge in [-0.3, -0.25) is 0 Å². The summed E-state index contributed by atoms with van der Waals surface area (Å²) in [6.45, 7) is 4.47. The number of alkyl halides is 1. The maximum absolute atomic E-state index is 5.91. The Kier molecular flexibility index (Phi) is 8.52. The maximum Gasteiger partial charge on any atom is 0.0704 e. The average molecular weight is 293 g/mol. The summed E-state index contributed by atoms with van der Waals surface area (Å²) in [5.74, 6) is 0. The van der Waals surface area contributed by atoms with Crippen LogP contribution in [0.15, 0.2) is 0 Å². The minimum atomic E-state index is 0.394. The fourth-order valence-electron chi connectivity index (χ4n) is 2.10. The molecule has 0 aliphatic heterocycles. The zero-order valence-electron chi connectivity index (χ0n) is 10.4. The molecule has 0 radical (unpaired) electrons. The van der Waals surface area contributed by atoms with Crippen LogP contribution in [-0.2, 0) is 9.47 Å². The van der Waals surface area contributed by atoms with Crippen LogP contribution < -0.4 is 0 Å². The summed E-state index contributed by atoms with van der Waals surface area (Å²) in [6, 6.07) is 0. The second kappa shape index (κ2) is 9.43. The summed E-state index contributed by atoms with van der Waals surface area (Å²) in [5, 5.41) is 0. The van der Waals surface area contributed by atoms with Gasteiger partial charge in [-0.15, -0.1) is 0 Å². The molecule has 2 unspecified atom stereocenters. The molecule has 1 rings (SSSR count). The van der Waals surface area contributed by atoms with E-state index in [1.165, 1.54) is 38.5 Å². The third kappa shape index (κ3) is 6.21. The monoisotopic (exact) mass is 292 g/mol. The predicted molar refractivity (Wildman–Crippen MR) is 71.3 cm³/mol. The minimum absolute atomic E-state index is 0.394. The molecule has 1 aliphatic rings. The van der Waals surface area contributed by atoms with Crippen molar-refractivity contribution in [3.63, 3.8) is 0 Å². The van der Waals surface area contributed by atoms with Gasteiger partial charge in [-0.2, -0.15) is 0 Å². The van der Waals surface area contributed by atoms with Gasteiger partial charge in [-0.25, -0.2) is 0 Å². The van der Waals surface area contributed by atoms with Crippen LogP contribution in [0.2, 0.25) is 0 Å². The quantitative estimate of drug-likeness (QED) is 0.546. The molecule has 0 aromatic heterocycles. The van der Waals surface area contributed by atoms with Crippen LogP contribution in [-0.4, -0.2) is 30.8 Å². The first-order valence-corrected chi connectivity index (χ1v) is 7.59. The first kappa shape index (κ1) is 14.5. The van der Waals surface area contributed by atoms with Crippen molar-refractivity contribution < 1.29 is 9.47 Å². The molecule has 0 saturated heterocycles. The topological polar surface area (TPSA) is 18.5 Å². The second-order valence-electron chi connectivity index (χ2n) is 4.53. The number of rotatable bonds is 6. The molecule has 0 heterocycles. The fraction of sp³-hybridized carbons (Fsp3) is 1.00. The van der Waals surface area contributed by atoms with E-state index in [2.05, 4.69) is 22.9 Å². The number of halogens is 1. The first-order valence-electron chi connectivity index (χ1n) is 6.68. The van der Waals surface area contributed by atoms with Gasteiger partial charge in [0.2, 0.25) is 0 Å². The van der Waals surface area contributed by atoms with E-state index in [0.29, 0.717) is 10.9 Å². The number of ether oxygens (including phenoxy) is 2. The molecule has 2 nitrogen and oxygen atoms in total. The first-order chi connectivity index (χ1) is 7.84. The summed E-state index contributed by atoms with van der Waals surface area (Å²) < 4.78 is 11.3. The summed E-state index contributed by atoms with van der Waals surface area (Å²) >= 11 is 3.76. The van der Waals surface area contributed by atoms with Gasteiger partial charge in [-0.05, 0) is 19.3 Å². The third-order valence-corrected chi connectivity index (χ3v) is 4.08. The molecule has 0 spiro atoms. The minimum Gasteiger partial charge on any atom is -0.379 e. The van der Waals surface area contributed by atoms with Crippen molar-refractivity contribution in [2.75, 3.05) is 19.8 Å². The summed E-state index contributed by atoms with van der Waals surface area (Å²) in [6.07, 6.45) is 9.32. The highest BCUT2D eigenvalue weighted by molar-refractivity contribution is 9.09. The lowest BCUT2D eigenvalue weighted by Crippen LogP contribution is -2.27. The van der Waals surface area contributed by atoms with Gasteiger partial charge in [0.25, 0.3) is 0 Å². The Morgan fingerprint density at radius 3 is 2.50 bits per heavy atom. The molecule has 16 heavy (non-hydrogen) atoms. The zero-order chi connectivity index (χ0) is 11.6. The summed E-state index contributed by atoms with van der Waals surface area (Å²) in [7, 11) is 0. The highest BCUT2D eigenvalue weighted by Crippen LogP contribution is 2.25. The Bertz CT molecular complexity index is 164. The summed E-state index contributed by atoms with van der Waals surface area (Å²) in [4.78, 5) is 0.541. The summed E-state index contributed by atoms with van der Waals surface area (Å²) in [5.41, 5.74) is 0. The fourth-order valence-corrected chi connectivity index (χ4v) is 2.84. The van der Waals surface area contributed by atoms with E-state index < -0.39 is 0 Å². The van der Waals surface area contributed by atoms with Gasteiger partial charge in [0.05, 0.1) is 19.3 Å². The van der Waals surface area contributed by atoms with Gasteiger partial charge < -0.3 is 9.47 Å². The van der Waals surface area contributed by atoms with E-state index in [0.717, 1.165) is 26.2 Å². The van der Waals surface area contributed by atoms with Gasteiger partial charge in [0.1, 0.15) is 0 Å². The van der Waals surface area contributed by atoms with Gasteiger partial charge >= 0.3 is 0 Å². The molecule has 96 valence electrons. The zero-order valence-corrected chi connectivity index (χ0v) is 12.0. The van der Waals surface area contributed by atoms with E-state index in [1.807, 2.05) is 0 Å². The number of hydrogen-bond donors (Lipinski definition) is 0. The molecule has 0 bridgehead atoms. The molecule has 1 fully saturated rings. The molecule has 0 aromatic rings. The van der Waals surface area contributed by atoms with E-state index in [1.54, 1.807) is 0 Å². The molecule has 0 amide bonds. The van der Waals surface area contributed by atoms with Crippen molar-refractivity contribution in [2.24, 2.45) is 0 Å². The van der Waals surface area contributed by atoms with Crippen LogP contribution in [0.5, 0.6) is 0 Å². The highest BCUT2D eigenvalue weighted by atomic mass is 79.9. The van der Waals surface area contributed by atoms with Crippen molar-refractivity contribution in [3.05, 3.63) is 0 Å². The van der Waals surface area contributed by atoms with Crippen LogP contribution in [0.4, 0.5) is 0 Å². The van der Waals surface area contributed by atoms with E-state index in [-0.39, 0.29) is 0 Å². The molecular weight excluding hydrogens is 268 g/mol. The largest absolute Gasteiger partial charge is 0.379 e. The Morgan fingerprint density at radius 1 is 1.00 bits per heavy atom. The molecule has 0 N–H and O–H groups in total. The predicted octanol–water partition coefficient (Wildman–Crippen LogP) is 3.92. The van der Waals surface area contributed by atoms with Crippen LogP contribution in [0.25, 0.3) is 0 Å². The molecule has 0 aromatic carbocycles. The average Bonchev–Trinajstić information content (AvgIpc) is 2.27. The van der Waals surface area contributed by atoms with E-state index >= 15 is 0 Å². The van der Waals surface area contributed by atoms with Gasteiger partial charge in [-0.1, -0.05) is 48.5 Å². The smallest absolute Gasteiger partial charge is 0.0704 e. The normalized spacial score (nSPS) is 27.4. The van der Waals surface area contributed by atoms with Crippen LogP contribution in [0.3, 0.4) is 0 Å². The molecule has 1 aliphatic carbocycles. The Hall–Kier alpha value is 0.400. The van der Waals surface area contributed by atoms with Gasteiger partial charge in [0.15, 0.2) is 0 Å². The van der Waals surface area contributed by atoms with Crippen molar-refractivity contribution in [3.8, 4) is 0 Å². The molecular formula is C13H25BrO2. The Morgan fingerprint density at radius 2 is 1.75 bits per heavy atom. The molecule has 1 saturated carbocycles. The second-order valence-corrected chi connectivity index (χ2v) is 5.71. The van der Waals surface area contributed by atoms with Crippen molar-refractivity contribution in [1.82, 2.24) is 0 Å². The highest BCUT2D eigenvalue weighted by Gasteiger charge is 2.20. The van der Waals surface area contributed by atoms with Crippen molar-refractivity contribution in [1.29, 1.82) is 0 Å². The lowest BCUT2D eigenvalue weighted by molar-refractivity contribution is -0.00179. The Labute approximate surface area is 108 Å². The van der Waals surface area contributed by atoms with Crippen LogP contribution >= 0.6 is 15.9 Å². The van der Waals surface area contributed by atoms with E-state index in [4.69, 9.17) is 9.47 Å². The van der Waals surface area contributed by atoms with Crippen LogP contribution in [0.1, 0.15) is 51.9 Å². The van der Waals surface area contributed by atoms with Crippen LogP contribution in [0, 0.1) is 0 Å². The maximum atomic E-state index is 5.91. The third-order valence-electron chi connectivity index (χ3n) is 3.03. The SMILES string of the molecule is CCCOCCOC1CCCCCCC1Br. The van der Waals surface area contributed by atoms with Crippen molar-refractivity contribution >= 4 is 15.9 Å². The van der Waals surface area contributed by atoms with Crippen molar-refractivity contribution in [2.45, 2.75) is 62.8 Å². The standard InChI is InChI=1S/C13H25BrO2/c1-2-9-15-10-11-16-13-8-6-4-3-5-7-12(13)14/h12-13H,2-11H2,1H3. The van der Waals surface area contributed by atoms with Gasteiger partial charge in [0, 0.05) is 11.4 Å². The lowest BCUT2D eigenvalue weighted by atomic mass is 9.98. The Balaban J connectivity index is 2.11. The lowest BCUT2D eigenvalue weighted by Gasteiger charge is -2.25. The molecule has 3 heteroatoms. The van der Waals surface area contributed by atoms with E-state index in [9.17, 15) is 0 Å². The molecule has 2 atom stereocenters.